The highest BCUT2D eigenvalue weighted by molar-refractivity contribution is 6.10. The molecule has 0 spiro atoms. The minimum atomic E-state index is -2.91. The van der Waals surface area contributed by atoms with Gasteiger partial charge in [-0.05, 0) is 49.9 Å². The number of benzene rings is 2. The van der Waals surface area contributed by atoms with E-state index in [1.807, 2.05) is 13.8 Å². The van der Waals surface area contributed by atoms with Crippen molar-refractivity contribution in [1.29, 1.82) is 0 Å². The van der Waals surface area contributed by atoms with E-state index in [0.29, 0.717) is 40.5 Å². The number of primary amides is 2. The maximum atomic E-state index is 13.0. The predicted molar refractivity (Wildman–Crippen MR) is 195 cm³/mol. The number of carboxylic acids is 1. The Morgan fingerprint density at radius 1 is 0.765 bits per heavy atom. The zero-order valence-corrected chi connectivity index (χ0v) is 28.8. The predicted octanol–water partition coefficient (Wildman–Crippen LogP) is 4.74. The highest BCUT2D eigenvalue weighted by Gasteiger charge is 2.23. The topological polar surface area (TPSA) is 233 Å². The number of rotatable bonds is 15. The van der Waals surface area contributed by atoms with Crippen molar-refractivity contribution in [3.63, 3.8) is 0 Å². The van der Waals surface area contributed by atoms with Crippen molar-refractivity contribution in [2.24, 2.45) is 25.4 Å². The minimum absolute atomic E-state index is 0.0351. The molecule has 0 fully saturated rings. The summed E-state index contributed by atoms with van der Waals surface area (Å²) >= 11 is 0. The van der Waals surface area contributed by atoms with Crippen molar-refractivity contribution in [1.82, 2.24) is 19.6 Å². The molecule has 276 valence electrons. The third-order valence-electron chi connectivity index (χ3n) is 6.37. The molecule has 0 saturated carbocycles. The maximum absolute atomic E-state index is 13.0. The van der Waals surface area contributed by atoms with Crippen LogP contribution in [0.2, 0.25) is 0 Å². The summed E-state index contributed by atoms with van der Waals surface area (Å²) < 4.78 is 87.8. The van der Waals surface area contributed by atoms with E-state index in [9.17, 15) is 19.2 Å². The van der Waals surface area contributed by atoms with Gasteiger partial charge in [0.05, 0.1) is 41.5 Å². The number of nitrogens with two attached hydrogens (primary N) is 3. The van der Waals surface area contributed by atoms with Crippen molar-refractivity contribution < 1.29 is 47.5 Å². The number of hydrogen-bond donors (Lipinski definition) is 5. The van der Waals surface area contributed by atoms with E-state index in [1.165, 1.54) is 19.1 Å². The van der Waals surface area contributed by atoms with Gasteiger partial charge in [0.25, 0.3) is 17.7 Å². The van der Waals surface area contributed by atoms with Crippen LogP contribution in [0.4, 0.5) is 11.4 Å². The van der Waals surface area contributed by atoms with Gasteiger partial charge < -0.3 is 37.1 Å². The van der Waals surface area contributed by atoms with Gasteiger partial charge in [-0.25, -0.2) is 4.79 Å². The lowest BCUT2D eigenvalue weighted by molar-refractivity contribution is 0.0691. The number of para-hydroxylation sites is 2. The summed E-state index contributed by atoms with van der Waals surface area (Å²) in [5.74, 6) is -3.16. The van der Waals surface area contributed by atoms with Crippen LogP contribution in [0, 0.1) is 0 Å². The van der Waals surface area contributed by atoms with Gasteiger partial charge >= 0.3 is 5.97 Å². The number of anilines is 2. The number of carboxylic acid groups (broad SMARTS) is 1. The third kappa shape index (κ3) is 11.6. The number of nitrogen functional groups attached to an aromatic ring is 1. The average molecular weight is 717 g/mol. The van der Waals surface area contributed by atoms with Gasteiger partial charge in [0.2, 0.25) is 0 Å². The van der Waals surface area contributed by atoms with Gasteiger partial charge in [0, 0.05) is 27.7 Å². The van der Waals surface area contributed by atoms with Crippen LogP contribution >= 0.6 is 0 Å². The molecule has 2 aromatic carbocycles. The standard InChI is InChI=1S/C18H24N4O3.C10H12O3.C8H14N4O/c1-4-8-13-15(16(17(19)23)22(3)21-13)20-18(24)12-9-6-7-10-14(12)25-11-5-2;1-2-7-13-9-6-4-3-5-8(9)10(11)12;1-3-4-5-6(9)7(8(10)13)12(2)11-5/h6-7,9-10H,4-5,8,11H2,1-3H3,(H2,19,23)(H,20,24);3-6H,2,7H2,1H3,(H,11,12);3-4,9H2,1-2H3,(H2,10,13)/i3D3,8D2;;2D3,4D2. The number of nitrogens with zero attached hydrogens (tertiary/aromatic N) is 4. The lowest BCUT2D eigenvalue weighted by Crippen LogP contribution is -2.21. The first-order valence-corrected chi connectivity index (χ1v) is 15.8. The second-order valence-electron chi connectivity index (χ2n) is 10.2. The lowest BCUT2D eigenvalue weighted by Gasteiger charge is -2.12. The molecule has 0 atom stereocenters. The molecule has 8 N–H and O–H groups in total. The first kappa shape index (κ1) is 27.9. The van der Waals surface area contributed by atoms with Crippen LogP contribution in [0.15, 0.2) is 48.5 Å². The second-order valence-corrected chi connectivity index (χ2v) is 10.2. The van der Waals surface area contributed by atoms with Crippen LogP contribution in [-0.4, -0.2) is 61.6 Å². The normalized spacial score (nSPS) is 14.2. The molecule has 3 amide bonds. The fraction of sp³-hybridized carbons (Fsp3) is 0.389. The molecule has 0 aliphatic heterocycles. The second kappa shape index (κ2) is 20.6. The van der Waals surface area contributed by atoms with Gasteiger partial charge in [0.15, 0.2) is 0 Å². The molecule has 15 heteroatoms. The van der Waals surface area contributed by atoms with Crippen molar-refractivity contribution in [3.8, 4) is 11.5 Å². The maximum Gasteiger partial charge on any atom is 0.339 e. The van der Waals surface area contributed by atoms with E-state index in [1.54, 1.807) is 43.3 Å². The van der Waals surface area contributed by atoms with E-state index in [-0.39, 0.29) is 41.0 Å². The molecule has 4 aromatic rings. The number of hydrogen-bond acceptors (Lipinski definition) is 9. The number of aryl methyl sites for hydroxylation is 4. The largest absolute Gasteiger partial charge is 0.493 e. The SMILES string of the molecule is CCCOc1ccccc1C(=O)O.[2H]C([2H])(CC)c1nn(C([2H])([2H])[2H])c(C(N)=O)c1N.[2H]C([2H])(CC)c1nn(C([2H])([2H])[2H])c(C(N)=O)c1NC(=O)c1ccccc1OCCC. The molecule has 15 nitrogen and oxygen atoms in total. The first-order valence-electron chi connectivity index (χ1n) is 20.8. The van der Waals surface area contributed by atoms with E-state index in [2.05, 4.69) is 15.5 Å². The molecule has 51 heavy (non-hydrogen) atoms. The summed E-state index contributed by atoms with van der Waals surface area (Å²) in [7, 11) is 0. The third-order valence-corrected chi connectivity index (χ3v) is 6.37. The molecule has 2 aromatic heterocycles. The van der Waals surface area contributed by atoms with Crippen LogP contribution < -0.4 is 32.0 Å². The zero-order valence-electron chi connectivity index (χ0n) is 38.8. The highest BCUT2D eigenvalue weighted by Crippen LogP contribution is 2.25. The number of aromatic carboxylic acids is 1. The van der Waals surface area contributed by atoms with Crippen LogP contribution in [-0.2, 0) is 26.7 Å². The van der Waals surface area contributed by atoms with Gasteiger partial charge in [0.1, 0.15) is 28.5 Å². The monoisotopic (exact) mass is 716 g/mol. The molecule has 0 bridgehead atoms. The Labute approximate surface area is 312 Å². The fourth-order valence-corrected chi connectivity index (χ4v) is 4.17. The molecule has 0 aliphatic carbocycles. The Bertz CT molecular complexity index is 2170. The van der Waals surface area contributed by atoms with Gasteiger partial charge in [-0.3, -0.25) is 23.7 Å². The van der Waals surface area contributed by atoms with Crippen molar-refractivity contribution >= 4 is 35.1 Å². The van der Waals surface area contributed by atoms with Gasteiger partial charge in [-0.1, -0.05) is 64.8 Å². The van der Waals surface area contributed by atoms with E-state index in [0.717, 1.165) is 6.42 Å². The molecule has 0 radical (unpaired) electrons. The van der Waals surface area contributed by atoms with Crippen LogP contribution in [0.3, 0.4) is 0 Å². The molecule has 0 saturated heterocycles. The Kier molecular flexibility index (Phi) is 11.3. The smallest absolute Gasteiger partial charge is 0.339 e. The number of amides is 3. The quantitative estimate of drug-likeness (QED) is 0.113. The number of ether oxygens (including phenoxy) is 2. The Hall–Kier alpha value is -5.86. The number of aromatic nitrogens is 4. The first-order chi connectivity index (χ1) is 28.2. The summed E-state index contributed by atoms with van der Waals surface area (Å²) in [6.45, 7) is 2.22. The summed E-state index contributed by atoms with van der Waals surface area (Å²) in [4.78, 5) is 46.9. The highest BCUT2D eigenvalue weighted by atomic mass is 16.5. The molecular weight excluding hydrogens is 656 g/mol. The molecule has 4 rings (SSSR count). The van der Waals surface area contributed by atoms with Crippen molar-refractivity contribution in [2.75, 3.05) is 24.3 Å². The Morgan fingerprint density at radius 2 is 1.24 bits per heavy atom. The summed E-state index contributed by atoms with van der Waals surface area (Å²) in [5.41, 5.74) is 13.9. The van der Waals surface area contributed by atoms with Crippen LogP contribution in [0.1, 0.15) is 120 Å². The fourth-order valence-electron chi connectivity index (χ4n) is 4.17. The lowest BCUT2D eigenvalue weighted by atomic mass is 10.1. The zero-order chi connectivity index (χ0) is 46.7. The van der Waals surface area contributed by atoms with E-state index >= 15 is 0 Å². The number of carbonyl (C=O) groups is 4. The van der Waals surface area contributed by atoms with Crippen LogP contribution in [0.5, 0.6) is 11.5 Å². The minimum Gasteiger partial charge on any atom is -0.493 e. The van der Waals surface area contributed by atoms with Crippen molar-refractivity contribution in [2.45, 2.75) is 66.1 Å². The summed E-state index contributed by atoms with van der Waals surface area (Å²) in [6, 6.07) is 13.0. The van der Waals surface area contributed by atoms with E-state index < -0.39 is 67.5 Å². The Balaban J connectivity index is 0.000000349. The Morgan fingerprint density at radius 3 is 1.71 bits per heavy atom. The molecule has 0 unspecified atom stereocenters. The number of carbonyl (C=O) groups excluding carboxylic acids is 3. The van der Waals surface area contributed by atoms with Crippen LogP contribution in [0.25, 0.3) is 0 Å². The number of nitrogens with one attached hydrogen (secondary N) is 1. The van der Waals surface area contributed by atoms with E-state index in [4.69, 9.17) is 45.5 Å². The van der Waals surface area contributed by atoms with Crippen molar-refractivity contribution in [3.05, 3.63) is 82.4 Å². The summed E-state index contributed by atoms with van der Waals surface area (Å²) in [5, 5.41) is 18.6. The van der Waals surface area contributed by atoms with Gasteiger partial charge in [-0.15, -0.1) is 0 Å². The summed E-state index contributed by atoms with van der Waals surface area (Å²) in [6.07, 6.45) is -2.51. The van der Waals surface area contributed by atoms with Gasteiger partial charge in [-0.2, -0.15) is 10.2 Å². The molecular formula is C36H50N8O7. The molecule has 2 heterocycles. The molecule has 0 aliphatic rings. The average Bonchev–Trinajstić information content (AvgIpc) is 3.77.